The van der Waals surface area contributed by atoms with Crippen molar-refractivity contribution in [1.29, 1.82) is 0 Å². The number of pyridine rings is 2. The van der Waals surface area contributed by atoms with Crippen molar-refractivity contribution in [2.45, 2.75) is 0 Å². The molecule has 0 bridgehead atoms. The van der Waals surface area contributed by atoms with Crippen LogP contribution in [0.15, 0.2) is 55.2 Å². The van der Waals surface area contributed by atoms with Crippen molar-refractivity contribution >= 4 is 11.0 Å². The van der Waals surface area contributed by atoms with E-state index in [1.807, 2.05) is 43.0 Å². The van der Waals surface area contributed by atoms with Crippen molar-refractivity contribution in [2.75, 3.05) is 7.11 Å². The zero-order valence-electron chi connectivity index (χ0n) is 11.9. The molecular formula is C16H14N5O+. The number of aromatic amines is 2. The second kappa shape index (κ2) is 5.00. The molecule has 4 aromatic rings. The van der Waals surface area contributed by atoms with E-state index in [4.69, 9.17) is 4.84 Å². The minimum atomic E-state index is 0.851. The van der Waals surface area contributed by atoms with Gasteiger partial charge in [0.25, 0.3) is 0 Å². The molecule has 0 saturated carbocycles. The maximum absolute atomic E-state index is 5.21. The maximum atomic E-state index is 5.21. The summed E-state index contributed by atoms with van der Waals surface area (Å²) in [5.41, 5.74) is 4.93. The van der Waals surface area contributed by atoms with Crippen molar-refractivity contribution in [2.24, 2.45) is 0 Å². The summed E-state index contributed by atoms with van der Waals surface area (Å²) in [4.78, 5) is 12.9. The number of hydrogen-bond acceptors (Lipinski definition) is 3. The quantitative estimate of drug-likeness (QED) is 0.567. The van der Waals surface area contributed by atoms with Crippen LogP contribution in [0.5, 0.6) is 0 Å². The minimum Gasteiger partial charge on any atom is -0.345 e. The number of hydrogen-bond donors (Lipinski definition) is 2. The lowest BCUT2D eigenvalue weighted by Gasteiger charge is -2.01. The van der Waals surface area contributed by atoms with Gasteiger partial charge in [0.15, 0.2) is 0 Å². The SMILES string of the molecule is CO[n+]1cccc(-c2cnc3[nH]cc(-c4ccn[nH]4)c3c2)c1. The third-order valence-corrected chi connectivity index (χ3v) is 3.64. The van der Waals surface area contributed by atoms with Gasteiger partial charge in [0.2, 0.25) is 12.4 Å². The Kier molecular flexibility index (Phi) is 2.86. The molecule has 22 heavy (non-hydrogen) atoms. The van der Waals surface area contributed by atoms with Crippen LogP contribution in [0.4, 0.5) is 0 Å². The van der Waals surface area contributed by atoms with E-state index >= 15 is 0 Å². The van der Waals surface area contributed by atoms with Gasteiger partial charge in [-0.3, -0.25) is 9.94 Å². The molecule has 4 heterocycles. The minimum absolute atomic E-state index is 0.851. The number of rotatable bonds is 3. The molecule has 0 aromatic carbocycles. The van der Waals surface area contributed by atoms with Gasteiger partial charge in [-0.25, -0.2) is 4.98 Å². The standard InChI is InChI=1S/C16H14N5O/c1-22-21-6-2-3-11(10-21)12-7-13-14(15-4-5-19-20-15)9-18-16(13)17-8-12/h2-10H,1H3,(H,17,18)(H,19,20)/q+1. The zero-order chi connectivity index (χ0) is 14.9. The van der Waals surface area contributed by atoms with Crippen molar-refractivity contribution in [3.8, 4) is 22.4 Å². The van der Waals surface area contributed by atoms with Crippen LogP contribution in [0.2, 0.25) is 0 Å². The smallest absolute Gasteiger partial charge is 0.230 e. The topological polar surface area (TPSA) is 70.5 Å². The Morgan fingerprint density at radius 2 is 2.18 bits per heavy atom. The highest BCUT2D eigenvalue weighted by atomic mass is 16.6. The largest absolute Gasteiger partial charge is 0.345 e. The molecule has 0 unspecified atom stereocenters. The molecule has 0 amide bonds. The van der Waals surface area contributed by atoms with E-state index in [1.165, 1.54) is 0 Å². The molecule has 2 N–H and O–H groups in total. The summed E-state index contributed by atoms with van der Waals surface area (Å²) in [5, 5.41) is 8.05. The molecule has 0 saturated heterocycles. The average Bonchev–Trinajstić information content (AvgIpc) is 3.23. The van der Waals surface area contributed by atoms with E-state index < -0.39 is 0 Å². The molecule has 108 valence electrons. The Morgan fingerprint density at radius 1 is 1.23 bits per heavy atom. The average molecular weight is 292 g/mol. The summed E-state index contributed by atoms with van der Waals surface area (Å²) in [6.07, 6.45) is 9.30. The Morgan fingerprint density at radius 3 is 3.00 bits per heavy atom. The highest BCUT2D eigenvalue weighted by Crippen LogP contribution is 2.29. The molecule has 0 spiro atoms. The Labute approximate surface area is 126 Å². The van der Waals surface area contributed by atoms with Gasteiger partial charge in [0, 0.05) is 45.9 Å². The van der Waals surface area contributed by atoms with Crippen molar-refractivity contribution < 1.29 is 9.57 Å². The fourth-order valence-electron chi connectivity index (χ4n) is 2.53. The first-order valence-electron chi connectivity index (χ1n) is 6.88. The third kappa shape index (κ3) is 2.01. The summed E-state index contributed by atoms with van der Waals surface area (Å²) in [6.45, 7) is 0. The predicted octanol–water partition coefficient (Wildman–Crippen LogP) is 1.97. The summed E-state index contributed by atoms with van der Waals surface area (Å²) in [7, 11) is 1.63. The molecule has 0 aliphatic carbocycles. The summed E-state index contributed by atoms with van der Waals surface area (Å²) >= 11 is 0. The van der Waals surface area contributed by atoms with Crippen LogP contribution in [0.3, 0.4) is 0 Å². The van der Waals surface area contributed by atoms with E-state index in [0.717, 1.165) is 33.4 Å². The first-order chi connectivity index (χ1) is 10.8. The van der Waals surface area contributed by atoms with E-state index in [-0.39, 0.29) is 0 Å². The maximum Gasteiger partial charge on any atom is 0.230 e. The molecule has 6 nitrogen and oxygen atoms in total. The molecule has 0 radical (unpaired) electrons. The molecule has 0 aliphatic heterocycles. The number of nitrogens with zero attached hydrogens (tertiary/aromatic N) is 3. The second-order valence-electron chi connectivity index (χ2n) is 4.93. The lowest BCUT2D eigenvalue weighted by Crippen LogP contribution is -2.39. The fraction of sp³-hybridized carbons (Fsp3) is 0.0625. The Bertz CT molecular complexity index is 927. The van der Waals surface area contributed by atoms with Crippen molar-refractivity contribution in [3.63, 3.8) is 0 Å². The highest BCUT2D eigenvalue weighted by Gasteiger charge is 2.11. The number of H-pyrrole nitrogens is 2. The van der Waals surface area contributed by atoms with Crippen LogP contribution in [-0.4, -0.2) is 27.3 Å². The number of fused-ring (bicyclic) bond motifs is 1. The molecule has 0 atom stereocenters. The van der Waals surface area contributed by atoms with E-state index in [1.54, 1.807) is 18.0 Å². The molecule has 6 heteroatoms. The van der Waals surface area contributed by atoms with Crippen LogP contribution in [0.25, 0.3) is 33.4 Å². The third-order valence-electron chi connectivity index (χ3n) is 3.64. The monoisotopic (exact) mass is 292 g/mol. The molecular weight excluding hydrogens is 278 g/mol. The molecule has 4 rings (SSSR count). The van der Waals surface area contributed by atoms with Crippen LogP contribution in [-0.2, 0) is 0 Å². The predicted molar refractivity (Wildman–Crippen MR) is 81.8 cm³/mol. The molecule has 0 fully saturated rings. The van der Waals surface area contributed by atoms with Gasteiger partial charge < -0.3 is 4.98 Å². The van der Waals surface area contributed by atoms with Gasteiger partial charge >= 0.3 is 0 Å². The number of aromatic nitrogens is 5. The van der Waals surface area contributed by atoms with Crippen molar-refractivity contribution in [3.05, 3.63) is 55.2 Å². The van der Waals surface area contributed by atoms with E-state index in [2.05, 4.69) is 26.2 Å². The Hall–Kier alpha value is -3.15. The van der Waals surface area contributed by atoms with Crippen molar-refractivity contribution in [1.82, 2.24) is 20.2 Å². The normalized spacial score (nSPS) is 11.0. The van der Waals surface area contributed by atoms with Gasteiger partial charge in [-0.05, 0) is 18.2 Å². The first kappa shape index (κ1) is 12.6. The lowest BCUT2D eigenvalue weighted by atomic mass is 10.1. The fourth-order valence-corrected chi connectivity index (χ4v) is 2.53. The van der Waals surface area contributed by atoms with Crippen LogP contribution in [0, 0.1) is 0 Å². The van der Waals surface area contributed by atoms with Crippen LogP contribution in [0.1, 0.15) is 0 Å². The molecule has 4 aromatic heterocycles. The number of nitrogens with one attached hydrogen (secondary N) is 2. The molecule has 0 aliphatic rings. The van der Waals surface area contributed by atoms with Crippen LogP contribution < -0.4 is 9.57 Å². The lowest BCUT2D eigenvalue weighted by molar-refractivity contribution is -0.885. The Balaban J connectivity index is 1.87. The first-order valence-corrected chi connectivity index (χ1v) is 6.88. The van der Waals surface area contributed by atoms with Gasteiger partial charge in [-0.1, -0.05) is 0 Å². The second-order valence-corrected chi connectivity index (χ2v) is 4.93. The van der Waals surface area contributed by atoms with E-state index in [9.17, 15) is 0 Å². The summed E-state index contributed by atoms with van der Waals surface area (Å²) in [5.74, 6) is 0. The van der Waals surface area contributed by atoms with E-state index in [0.29, 0.717) is 0 Å². The van der Waals surface area contributed by atoms with Gasteiger partial charge in [-0.2, -0.15) is 5.10 Å². The highest BCUT2D eigenvalue weighted by molar-refractivity contribution is 5.94. The summed E-state index contributed by atoms with van der Waals surface area (Å²) < 4.78 is 1.66. The van der Waals surface area contributed by atoms with Gasteiger partial charge in [-0.15, -0.1) is 0 Å². The summed E-state index contributed by atoms with van der Waals surface area (Å²) in [6, 6.07) is 8.03. The zero-order valence-corrected chi connectivity index (χ0v) is 11.9. The van der Waals surface area contributed by atoms with Crippen LogP contribution >= 0.6 is 0 Å². The van der Waals surface area contributed by atoms with Gasteiger partial charge in [0.05, 0.1) is 11.3 Å². The van der Waals surface area contributed by atoms with Gasteiger partial charge in [0.1, 0.15) is 12.8 Å².